The number of aromatic amines is 1. The molecule has 2 amide bonds. The third-order valence-electron chi connectivity index (χ3n) is 5.13. The highest BCUT2D eigenvalue weighted by Gasteiger charge is 2.35. The molecule has 3 aromatic heterocycles. The van der Waals surface area contributed by atoms with Crippen LogP contribution in [0.3, 0.4) is 0 Å². The number of nitrogens with one attached hydrogen (secondary N) is 3. The summed E-state index contributed by atoms with van der Waals surface area (Å²) in [5, 5.41) is 5.45. The van der Waals surface area contributed by atoms with Gasteiger partial charge in [0.05, 0.1) is 30.2 Å². The molecule has 1 saturated carbocycles. The predicted molar refractivity (Wildman–Crippen MR) is 106 cm³/mol. The number of methoxy groups -OCH3 is 1. The van der Waals surface area contributed by atoms with Crippen LogP contribution >= 0.6 is 0 Å². The van der Waals surface area contributed by atoms with Crippen LogP contribution in [0.1, 0.15) is 37.3 Å². The fourth-order valence-corrected chi connectivity index (χ4v) is 3.53. The molecule has 3 heterocycles. The molecule has 9 heteroatoms. The Morgan fingerprint density at radius 1 is 1.21 bits per heavy atom. The van der Waals surface area contributed by atoms with E-state index >= 15 is 0 Å². The van der Waals surface area contributed by atoms with E-state index in [1.807, 2.05) is 6.07 Å². The van der Waals surface area contributed by atoms with Crippen molar-refractivity contribution in [2.75, 3.05) is 17.7 Å². The van der Waals surface area contributed by atoms with E-state index in [9.17, 15) is 13.6 Å². The topological polar surface area (TPSA) is 91.9 Å². The second-order valence-corrected chi connectivity index (χ2v) is 7.13. The standard InChI is InChI=1S/C20H21F2N5O2/c1-29-17-5-4-15-18(27-17)16(11-24-15)26-19(28)25-13-2-3-14(23-10-13)12-6-8-20(21,22)9-7-12/h2-5,10-12,24H,6-9H2,1H3,(H2,25,26,28). The fourth-order valence-electron chi connectivity index (χ4n) is 3.53. The van der Waals surface area contributed by atoms with Gasteiger partial charge in [0, 0.05) is 36.7 Å². The highest BCUT2D eigenvalue weighted by molar-refractivity contribution is 6.04. The van der Waals surface area contributed by atoms with E-state index < -0.39 is 12.0 Å². The summed E-state index contributed by atoms with van der Waals surface area (Å²) in [6.45, 7) is 0. The molecule has 7 nitrogen and oxygen atoms in total. The van der Waals surface area contributed by atoms with Crippen molar-refractivity contribution in [1.82, 2.24) is 15.0 Å². The Kier molecular flexibility index (Phi) is 5.04. The summed E-state index contributed by atoms with van der Waals surface area (Å²) in [6, 6.07) is 6.60. The van der Waals surface area contributed by atoms with E-state index in [-0.39, 0.29) is 18.8 Å². The van der Waals surface area contributed by atoms with Gasteiger partial charge >= 0.3 is 6.03 Å². The Hall–Kier alpha value is -3.23. The molecule has 29 heavy (non-hydrogen) atoms. The van der Waals surface area contributed by atoms with Crippen molar-refractivity contribution in [2.24, 2.45) is 0 Å². The van der Waals surface area contributed by atoms with Crippen molar-refractivity contribution in [3.05, 3.63) is 42.4 Å². The number of halogens is 2. The van der Waals surface area contributed by atoms with Gasteiger partial charge in [0.2, 0.25) is 11.8 Å². The number of anilines is 2. The van der Waals surface area contributed by atoms with Gasteiger partial charge in [-0.05, 0) is 31.0 Å². The number of rotatable bonds is 4. The summed E-state index contributed by atoms with van der Waals surface area (Å²) < 4.78 is 31.7. The van der Waals surface area contributed by atoms with Gasteiger partial charge < -0.3 is 20.4 Å². The van der Waals surface area contributed by atoms with Crippen LogP contribution < -0.4 is 15.4 Å². The minimum absolute atomic E-state index is 0.0322. The number of ether oxygens (including phenoxy) is 1. The largest absolute Gasteiger partial charge is 0.481 e. The lowest BCUT2D eigenvalue weighted by molar-refractivity contribution is -0.0384. The molecule has 4 rings (SSSR count). The first-order valence-electron chi connectivity index (χ1n) is 9.37. The Morgan fingerprint density at radius 2 is 2.00 bits per heavy atom. The van der Waals surface area contributed by atoms with Gasteiger partial charge in [-0.15, -0.1) is 0 Å². The molecule has 0 radical (unpaired) electrons. The zero-order chi connectivity index (χ0) is 20.4. The number of amides is 2. The van der Waals surface area contributed by atoms with Crippen LogP contribution in [-0.2, 0) is 0 Å². The average Bonchev–Trinajstić information content (AvgIpc) is 3.10. The molecule has 0 aromatic carbocycles. The van der Waals surface area contributed by atoms with Crippen LogP contribution in [0.2, 0.25) is 0 Å². The Morgan fingerprint density at radius 3 is 2.69 bits per heavy atom. The Labute approximate surface area is 165 Å². The van der Waals surface area contributed by atoms with Crippen molar-refractivity contribution in [1.29, 1.82) is 0 Å². The molecular formula is C20H21F2N5O2. The van der Waals surface area contributed by atoms with E-state index in [0.717, 1.165) is 11.2 Å². The molecule has 152 valence electrons. The maximum atomic E-state index is 13.3. The predicted octanol–water partition coefficient (Wildman–Crippen LogP) is 4.90. The van der Waals surface area contributed by atoms with Crippen molar-refractivity contribution >= 4 is 28.4 Å². The SMILES string of the molecule is COc1ccc2[nH]cc(NC(=O)Nc3ccc(C4CCC(F)(F)CC4)nc3)c2n1. The zero-order valence-electron chi connectivity index (χ0n) is 15.8. The lowest BCUT2D eigenvalue weighted by Crippen LogP contribution is -2.24. The Bertz CT molecular complexity index is 1010. The van der Waals surface area contributed by atoms with Gasteiger partial charge in [-0.3, -0.25) is 4.98 Å². The molecule has 1 aliphatic rings. The Balaban J connectivity index is 1.39. The zero-order valence-corrected chi connectivity index (χ0v) is 15.8. The molecule has 3 N–H and O–H groups in total. The number of hydrogen-bond acceptors (Lipinski definition) is 4. The normalized spacial score (nSPS) is 16.5. The second kappa shape index (κ2) is 7.65. The van der Waals surface area contributed by atoms with E-state index in [4.69, 9.17) is 4.74 Å². The van der Waals surface area contributed by atoms with Crippen LogP contribution in [0.15, 0.2) is 36.7 Å². The van der Waals surface area contributed by atoms with Gasteiger partial charge in [0.15, 0.2) is 0 Å². The molecule has 0 bridgehead atoms. The summed E-state index contributed by atoms with van der Waals surface area (Å²) in [5.74, 6) is -2.08. The van der Waals surface area contributed by atoms with E-state index in [1.54, 1.807) is 24.4 Å². The lowest BCUT2D eigenvalue weighted by Gasteiger charge is -2.27. The van der Waals surface area contributed by atoms with Crippen molar-refractivity contribution < 1.29 is 18.3 Å². The number of carbonyl (C=O) groups excluding carboxylic acids is 1. The van der Waals surface area contributed by atoms with Crippen LogP contribution in [0, 0.1) is 0 Å². The number of alkyl halides is 2. The summed E-state index contributed by atoms with van der Waals surface area (Å²) >= 11 is 0. The van der Waals surface area contributed by atoms with Crippen molar-refractivity contribution in [3.8, 4) is 5.88 Å². The van der Waals surface area contributed by atoms with E-state index in [1.165, 1.54) is 13.3 Å². The number of pyridine rings is 2. The van der Waals surface area contributed by atoms with Crippen LogP contribution in [0.5, 0.6) is 5.88 Å². The first-order valence-corrected chi connectivity index (χ1v) is 9.37. The molecule has 0 unspecified atom stereocenters. The van der Waals surface area contributed by atoms with Gasteiger partial charge in [0.25, 0.3) is 0 Å². The number of H-pyrrole nitrogens is 1. The van der Waals surface area contributed by atoms with Gasteiger partial charge in [-0.2, -0.15) is 0 Å². The fraction of sp³-hybridized carbons (Fsp3) is 0.350. The smallest absolute Gasteiger partial charge is 0.323 e. The molecular weight excluding hydrogens is 380 g/mol. The minimum atomic E-state index is -2.56. The molecule has 1 fully saturated rings. The van der Waals surface area contributed by atoms with E-state index in [2.05, 4.69) is 25.6 Å². The first kappa shape index (κ1) is 19.1. The molecule has 0 spiro atoms. The molecule has 0 aliphatic heterocycles. The molecule has 0 atom stereocenters. The highest BCUT2D eigenvalue weighted by atomic mass is 19.3. The summed E-state index contributed by atoms with van der Waals surface area (Å²) in [7, 11) is 1.52. The van der Waals surface area contributed by atoms with Crippen molar-refractivity contribution in [2.45, 2.75) is 37.5 Å². The monoisotopic (exact) mass is 401 g/mol. The van der Waals surface area contributed by atoms with Gasteiger partial charge in [-0.25, -0.2) is 18.6 Å². The summed E-state index contributed by atoms with van der Waals surface area (Å²) in [6.07, 6.45) is 3.82. The third-order valence-corrected chi connectivity index (χ3v) is 5.13. The number of fused-ring (bicyclic) bond motifs is 1. The van der Waals surface area contributed by atoms with E-state index in [0.29, 0.717) is 35.6 Å². The molecule has 0 saturated heterocycles. The number of carbonyl (C=O) groups is 1. The second-order valence-electron chi connectivity index (χ2n) is 7.13. The summed E-state index contributed by atoms with van der Waals surface area (Å²) in [5.41, 5.74) is 3.16. The maximum Gasteiger partial charge on any atom is 0.323 e. The third kappa shape index (κ3) is 4.28. The maximum absolute atomic E-state index is 13.3. The quantitative estimate of drug-likeness (QED) is 0.580. The lowest BCUT2D eigenvalue weighted by atomic mass is 9.84. The summed E-state index contributed by atoms with van der Waals surface area (Å²) in [4.78, 5) is 24.0. The average molecular weight is 401 g/mol. The van der Waals surface area contributed by atoms with Crippen LogP contribution in [0.4, 0.5) is 25.0 Å². The minimum Gasteiger partial charge on any atom is -0.481 e. The number of hydrogen-bond donors (Lipinski definition) is 3. The number of urea groups is 1. The molecule has 1 aliphatic carbocycles. The highest BCUT2D eigenvalue weighted by Crippen LogP contribution is 2.40. The molecule has 3 aromatic rings. The number of nitrogens with zero attached hydrogens (tertiary/aromatic N) is 2. The van der Waals surface area contributed by atoms with Crippen LogP contribution in [-0.4, -0.2) is 34.0 Å². The van der Waals surface area contributed by atoms with Crippen molar-refractivity contribution in [3.63, 3.8) is 0 Å². The van der Waals surface area contributed by atoms with Crippen LogP contribution in [0.25, 0.3) is 11.0 Å². The van der Waals surface area contributed by atoms with Gasteiger partial charge in [0.1, 0.15) is 5.52 Å². The first-order chi connectivity index (χ1) is 13.9. The number of aromatic nitrogens is 3. The van der Waals surface area contributed by atoms with Gasteiger partial charge in [-0.1, -0.05) is 0 Å².